The highest BCUT2D eigenvalue weighted by Gasteiger charge is 2.27. The topological polar surface area (TPSA) is 41.6 Å². The Balaban J connectivity index is 1.85. The Kier molecular flexibility index (Phi) is 3.67. The summed E-state index contributed by atoms with van der Waals surface area (Å²) in [4.78, 5) is 13.8. The van der Waals surface area contributed by atoms with Gasteiger partial charge in [0.15, 0.2) is 0 Å². The smallest absolute Gasteiger partial charge is 0.253 e. The minimum atomic E-state index is -0.244. The molecule has 2 aliphatic rings. The molecule has 0 aromatic heterocycles. The second kappa shape index (κ2) is 5.00. The summed E-state index contributed by atoms with van der Waals surface area (Å²) in [6.45, 7) is 3.94. The number of thioether (sulfide) groups is 1. The average Bonchev–Trinajstić information content (AvgIpc) is 2.30. The van der Waals surface area contributed by atoms with E-state index in [4.69, 9.17) is 4.74 Å². The van der Waals surface area contributed by atoms with Gasteiger partial charge in [-0.05, 0) is 0 Å². The van der Waals surface area contributed by atoms with Gasteiger partial charge in [-0.3, -0.25) is 4.79 Å². The lowest BCUT2D eigenvalue weighted by atomic mass is 10.2. The van der Waals surface area contributed by atoms with Crippen molar-refractivity contribution in [2.45, 2.75) is 6.10 Å². The first-order valence-electron chi connectivity index (χ1n) is 5.07. The Bertz CT molecular complexity index is 181. The maximum atomic E-state index is 11.9. The van der Waals surface area contributed by atoms with E-state index in [0.29, 0.717) is 13.2 Å². The van der Waals surface area contributed by atoms with Gasteiger partial charge in [-0.2, -0.15) is 11.8 Å². The van der Waals surface area contributed by atoms with E-state index >= 15 is 0 Å². The molecule has 0 saturated carbocycles. The lowest BCUT2D eigenvalue weighted by Crippen LogP contribution is -2.51. The number of nitrogens with one attached hydrogen (secondary N) is 1. The van der Waals surface area contributed by atoms with E-state index in [-0.39, 0.29) is 12.0 Å². The second-order valence-corrected chi connectivity index (χ2v) is 4.73. The number of morpholine rings is 1. The van der Waals surface area contributed by atoms with Crippen molar-refractivity contribution in [3.05, 3.63) is 0 Å². The molecule has 0 bridgehead atoms. The van der Waals surface area contributed by atoms with Crippen molar-refractivity contribution < 1.29 is 9.53 Å². The van der Waals surface area contributed by atoms with Crippen LogP contribution in [0.2, 0.25) is 0 Å². The zero-order valence-corrected chi connectivity index (χ0v) is 9.02. The maximum absolute atomic E-state index is 11.9. The Morgan fingerprint density at radius 3 is 2.86 bits per heavy atom. The normalized spacial score (nSPS) is 28.9. The molecule has 0 spiro atoms. The largest absolute Gasteiger partial charge is 0.366 e. The van der Waals surface area contributed by atoms with Crippen LogP contribution in [0.1, 0.15) is 0 Å². The van der Waals surface area contributed by atoms with Crippen LogP contribution >= 0.6 is 11.8 Å². The van der Waals surface area contributed by atoms with Crippen molar-refractivity contribution >= 4 is 17.7 Å². The summed E-state index contributed by atoms with van der Waals surface area (Å²) in [6.07, 6.45) is -0.244. The van der Waals surface area contributed by atoms with E-state index < -0.39 is 0 Å². The number of amides is 1. The van der Waals surface area contributed by atoms with Crippen molar-refractivity contribution in [1.29, 1.82) is 0 Å². The Morgan fingerprint density at radius 2 is 2.21 bits per heavy atom. The van der Waals surface area contributed by atoms with E-state index in [0.717, 1.165) is 31.1 Å². The molecule has 1 N–H and O–H groups in total. The molecule has 2 heterocycles. The molecule has 1 amide bonds. The molecule has 1 atom stereocenters. The van der Waals surface area contributed by atoms with Gasteiger partial charge >= 0.3 is 0 Å². The van der Waals surface area contributed by atoms with Gasteiger partial charge in [-0.15, -0.1) is 0 Å². The van der Waals surface area contributed by atoms with Crippen LogP contribution in [0.3, 0.4) is 0 Å². The Labute approximate surface area is 88.4 Å². The summed E-state index contributed by atoms with van der Waals surface area (Å²) in [6, 6.07) is 0. The van der Waals surface area contributed by atoms with Gasteiger partial charge in [0, 0.05) is 37.7 Å². The Hall–Kier alpha value is -0.260. The highest BCUT2D eigenvalue weighted by atomic mass is 32.2. The lowest BCUT2D eigenvalue weighted by Gasteiger charge is -2.31. The van der Waals surface area contributed by atoms with Gasteiger partial charge in [0.05, 0.1) is 6.61 Å². The van der Waals surface area contributed by atoms with E-state index in [1.807, 2.05) is 16.7 Å². The van der Waals surface area contributed by atoms with Gasteiger partial charge < -0.3 is 15.0 Å². The van der Waals surface area contributed by atoms with Crippen molar-refractivity contribution in [3.63, 3.8) is 0 Å². The van der Waals surface area contributed by atoms with Crippen LogP contribution in [-0.4, -0.2) is 61.2 Å². The number of carbonyl (C=O) groups is 1. The van der Waals surface area contributed by atoms with Crippen LogP contribution in [0.5, 0.6) is 0 Å². The van der Waals surface area contributed by atoms with Gasteiger partial charge in [0.2, 0.25) is 0 Å². The second-order valence-electron chi connectivity index (χ2n) is 3.50. The molecule has 1 unspecified atom stereocenters. The highest BCUT2D eigenvalue weighted by molar-refractivity contribution is 7.99. The zero-order chi connectivity index (χ0) is 9.80. The van der Waals surface area contributed by atoms with Crippen molar-refractivity contribution in [1.82, 2.24) is 10.2 Å². The van der Waals surface area contributed by atoms with Crippen LogP contribution in [0.4, 0.5) is 0 Å². The van der Waals surface area contributed by atoms with E-state index in [2.05, 4.69) is 5.32 Å². The first-order valence-corrected chi connectivity index (χ1v) is 6.22. The molecule has 2 fully saturated rings. The first kappa shape index (κ1) is 10.3. The predicted octanol–water partition coefficient (Wildman–Crippen LogP) is -0.450. The number of rotatable bonds is 1. The fourth-order valence-corrected chi connectivity index (χ4v) is 2.61. The predicted molar refractivity (Wildman–Crippen MR) is 56.5 cm³/mol. The van der Waals surface area contributed by atoms with Gasteiger partial charge in [0.25, 0.3) is 5.91 Å². The summed E-state index contributed by atoms with van der Waals surface area (Å²) in [5.41, 5.74) is 0. The summed E-state index contributed by atoms with van der Waals surface area (Å²) in [5, 5.41) is 3.18. The number of hydrogen-bond acceptors (Lipinski definition) is 4. The molecular weight excluding hydrogens is 200 g/mol. The fourth-order valence-electron chi connectivity index (χ4n) is 1.71. The lowest BCUT2D eigenvalue weighted by molar-refractivity contribution is -0.144. The van der Waals surface area contributed by atoms with E-state index in [1.165, 1.54) is 0 Å². The molecule has 5 heteroatoms. The molecule has 0 aromatic carbocycles. The summed E-state index contributed by atoms with van der Waals surface area (Å²) in [5.74, 6) is 2.29. The SMILES string of the molecule is O=C(C1CNCCO1)N1CCSCC1. The number of carbonyl (C=O) groups excluding carboxylic acids is 1. The van der Waals surface area contributed by atoms with Gasteiger partial charge in [-0.1, -0.05) is 0 Å². The van der Waals surface area contributed by atoms with Crippen LogP contribution in [0.25, 0.3) is 0 Å². The summed E-state index contributed by atoms with van der Waals surface area (Å²) in [7, 11) is 0. The average molecular weight is 216 g/mol. The maximum Gasteiger partial charge on any atom is 0.253 e. The Morgan fingerprint density at radius 1 is 1.43 bits per heavy atom. The molecular formula is C9H16N2O2S. The number of hydrogen-bond donors (Lipinski definition) is 1. The van der Waals surface area contributed by atoms with Crippen LogP contribution in [-0.2, 0) is 9.53 Å². The van der Waals surface area contributed by atoms with Crippen LogP contribution in [0.15, 0.2) is 0 Å². The molecule has 2 aliphatic heterocycles. The molecule has 4 nitrogen and oxygen atoms in total. The number of nitrogens with zero attached hydrogens (tertiary/aromatic N) is 1. The fraction of sp³-hybridized carbons (Fsp3) is 0.889. The molecule has 80 valence electrons. The first-order chi connectivity index (χ1) is 6.88. The monoisotopic (exact) mass is 216 g/mol. The minimum Gasteiger partial charge on any atom is -0.366 e. The molecule has 2 rings (SSSR count). The third-order valence-corrected chi connectivity index (χ3v) is 3.47. The zero-order valence-electron chi connectivity index (χ0n) is 8.20. The molecule has 0 radical (unpaired) electrons. The molecule has 0 aromatic rings. The highest BCUT2D eigenvalue weighted by Crippen LogP contribution is 2.11. The standard InChI is InChI=1S/C9H16N2O2S/c12-9(8-7-10-1-4-13-8)11-2-5-14-6-3-11/h8,10H,1-7H2. The van der Waals surface area contributed by atoms with Crippen molar-refractivity contribution in [3.8, 4) is 0 Å². The quantitative estimate of drug-likeness (QED) is 0.644. The number of ether oxygens (including phenoxy) is 1. The van der Waals surface area contributed by atoms with Crippen molar-refractivity contribution in [2.75, 3.05) is 44.3 Å². The molecule has 2 saturated heterocycles. The third kappa shape index (κ3) is 2.40. The minimum absolute atomic E-state index is 0.164. The van der Waals surface area contributed by atoms with Crippen LogP contribution < -0.4 is 5.32 Å². The van der Waals surface area contributed by atoms with Gasteiger partial charge in [-0.25, -0.2) is 0 Å². The third-order valence-electron chi connectivity index (χ3n) is 2.53. The van der Waals surface area contributed by atoms with E-state index in [9.17, 15) is 4.79 Å². The van der Waals surface area contributed by atoms with E-state index in [1.54, 1.807) is 0 Å². The van der Waals surface area contributed by atoms with Gasteiger partial charge in [0.1, 0.15) is 6.10 Å². The summed E-state index contributed by atoms with van der Waals surface area (Å²) >= 11 is 1.91. The van der Waals surface area contributed by atoms with Crippen molar-refractivity contribution in [2.24, 2.45) is 0 Å². The summed E-state index contributed by atoms with van der Waals surface area (Å²) < 4.78 is 5.43. The molecule has 14 heavy (non-hydrogen) atoms. The molecule has 0 aliphatic carbocycles. The van der Waals surface area contributed by atoms with Crippen LogP contribution in [0, 0.1) is 0 Å².